The number of para-hydroxylation sites is 1. The number of fused-ring (bicyclic) bond motifs is 3. The smallest absolute Gasteiger partial charge is 0.354 e. The van der Waals surface area contributed by atoms with Gasteiger partial charge in [0.25, 0.3) is 11.8 Å². The van der Waals surface area contributed by atoms with Gasteiger partial charge in [-0.3, -0.25) is 19.3 Å². The lowest BCUT2D eigenvalue weighted by molar-refractivity contribution is -0.160. The number of esters is 1. The molecule has 1 saturated heterocycles. The van der Waals surface area contributed by atoms with Crippen molar-refractivity contribution >= 4 is 29.4 Å². The summed E-state index contributed by atoms with van der Waals surface area (Å²) in [6.07, 6.45) is 2.03. The zero-order chi connectivity index (χ0) is 20.3. The fraction of sp³-hybridized carbons (Fsp3) is 0.500. The van der Waals surface area contributed by atoms with Crippen molar-refractivity contribution in [2.75, 3.05) is 24.6 Å². The Morgan fingerprint density at radius 1 is 1.21 bits per heavy atom. The number of likely N-dealkylation sites (N-methyl/N-ethyl adjacent to an activating group) is 1. The van der Waals surface area contributed by atoms with Crippen LogP contribution in [0.3, 0.4) is 0 Å². The average Bonchev–Trinajstić information content (AvgIpc) is 3.05. The molecule has 0 saturated carbocycles. The van der Waals surface area contributed by atoms with Crippen molar-refractivity contribution in [3.8, 4) is 0 Å². The third-order valence-corrected chi connectivity index (χ3v) is 5.20. The highest BCUT2D eigenvalue weighted by Crippen LogP contribution is 2.44. The van der Waals surface area contributed by atoms with Crippen LogP contribution in [0.1, 0.15) is 49.9 Å². The van der Waals surface area contributed by atoms with Crippen molar-refractivity contribution in [1.82, 2.24) is 10.2 Å². The van der Waals surface area contributed by atoms with Crippen molar-refractivity contribution in [2.24, 2.45) is 0 Å². The van der Waals surface area contributed by atoms with Crippen molar-refractivity contribution in [3.63, 3.8) is 0 Å². The normalized spacial score (nSPS) is 20.6. The van der Waals surface area contributed by atoms with Crippen molar-refractivity contribution in [1.29, 1.82) is 0 Å². The zero-order valence-electron chi connectivity index (χ0n) is 16.2. The Bertz CT molecular complexity index is 809. The van der Waals surface area contributed by atoms with E-state index in [1.807, 2.05) is 6.92 Å². The van der Waals surface area contributed by atoms with Gasteiger partial charge in [0.1, 0.15) is 0 Å². The van der Waals surface area contributed by atoms with Crippen LogP contribution < -0.4 is 10.2 Å². The summed E-state index contributed by atoms with van der Waals surface area (Å²) in [5.74, 6) is -1.73. The maximum absolute atomic E-state index is 13.1. The second-order valence-corrected chi connectivity index (χ2v) is 6.89. The van der Waals surface area contributed by atoms with Crippen LogP contribution in [0.25, 0.3) is 0 Å². The summed E-state index contributed by atoms with van der Waals surface area (Å²) in [7, 11) is 0. The molecule has 1 atom stereocenters. The number of nitrogens with one attached hydrogen (secondary N) is 1. The predicted molar refractivity (Wildman–Crippen MR) is 101 cm³/mol. The maximum Gasteiger partial charge on any atom is 0.354 e. The molecule has 3 amide bonds. The SMILES string of the molecule is CCCCNC(=O)COC(=O)[C@@]12CCC(=O)N1c1ccccc1C(=O)N2CC. The third-order valence-electron chi connectivity index (χ3n) is 5.20. The lowest BCUT2D eigenvalue weighted by atomic mass is 9.96. The van der Waals surface area contributed by atoms with Gasteiger partial charge in [0.2, 0.25) is 11.6 Å². The summed E-state index contributed by atoms with van der Waals surface area (Å²) in [4.78, 5) is 53.5. The molecule has 1 N–H and O–H groups in total. The highest BCUT2D eigenvalue weighted by Gasteiger charge is 2.61. The number of hydrogen-bond donors (Lipinski definition) is 1. The van der Waals surface area contributed by atoms with E-state index in [0.717, 1.165) is 12.8 Å². The first-order valence-electron chi connectivity index (χ1n) is 9.65. The number of carbonyl (C=O) groups is 4. The van der Waals surface area contributed by atoms with Crippen molar-refractivity contribution in [2.45, 2.75) is 45.2 Å². The molecule has 0 aliphatic carbocycles. The van der Waals surface area contributed by atoms with Crippen LogP contribution >= 0.6 is 0 Å². The van der Waals surface area contributed by atoms with Crippen LogP contribution in [-0.2, 0) is 19.1 Å². The van der Waals surface area contributed by atoms with E-state index in [4.69, 9.17) is 4.74 Å². The fourth-order valence-electron chi connectivity index (χ4n) is 3.87. The quantitative estimate of drug-likeness (QED) is 0.564. The van der Waals surface area contributed by atoms with E-state index in [-0.39, 0.29) is 31.2 Å². The monoisotopic (exact) mass is 387 g/mol. The van der Waals surface area contributed by atoms with Gasteiger partial charge in [-0.25, -0.2) is 4.79 Å². The molecule has 1 fully saturated rings. The summed E-state index contributed by atoms with van der Waals surface area (Å²) in [6.45, 7) is 4.05. The standard InChI is InChI=1S/C20H25N3O5/c1-3-5-12-21-16(24)13-28-19(27)20-11-10-17(25)23(20)15-9-7-6-8-14(15)18(26)22(20)4-2/h6-9H,3-5,10-13H2,1-2H3,(H,21,24)/t20-/m1/s1. The topological polar surface area (TPSA) is 96.0 Å². The van der Waals surface area contributed by atoms with Gasteiger partial charge in [0, 0.05) is 25.9 Å². The summed E-state index contributed by atoms with van der Waals surface area (Å²) < 4.78 is 5.28. The Balaban J connectivity index is 1.88. The molecule has 0 aromatic heterocycles. The molecule has 8 heteroatoms. The Labute approximate surface area is 163 Å². The molecule has 8 nitrogen and oxygen atoms in total. The Kier molecular flexibility index (Phi) is 5.67. The van der Waals surface area contributed by atoms with Crippen molar-refractivity contribution in [3.05, 3.63) is 29.8 Å². The van der Waals surface area contributed by atoms with Gasteiger partial charge >= 0.3 is 5.97 Å². The van der Waals surface area contributed by atoms with Crippen molar-refractivity contribution < 1.29 is 23.9 Å². The van der Waals surface area contributed by atoms with E-state index in [1.165, 1.54) is 9.80 Å². The summed E-state index contributed by atoms with van der Waals surface area (Å²) >= 11 is 0. The first-order chi connectivity index (χ1) is 13.5. The molecule has 1 aromatic carbocycles. The maximum atomic E-state index is 13.1. The van der Waals surface area contributed by atoms with Crippen LogP contribution in [0, 0.1) is 0 Å². The van der Waals surface area contributed by atoms with Crippen LogP contribution in [0.4, 0.5) is 5.69 Å². The summed E-state index contributed by atoms with van der Waals surface area (Å²) in [5.41, 5.74) is -0.759. The number of nitrogens with zero attached hydrogens (tertiary/aromatic N) is 2. The first-order valence-corrected chi connectivity index (χ1v) is 9.65. The number of rotatable bonds is 7. The van der Waals surface area contributed by atoms with Crippen LogP contribution in [0.15, 0.2) is 24.3 Å². The summed E-state index contributed by atoms with van der Waals surface area (Å²) in [5, 5.41) is 2.68. The molecular formula is C20H25N3O5. The fourth-order valence-corrected chi connectivity index (χ4v) is 3.87. The lowest BCUT2D eigenvalue weighted by Gasteiger charge is -2.47. The number of anilines is 1. The van der Waals surface area contributed by atoms with Crippen LogP contribution in [0.2, 0.25) is 0 Å². The Morgan fingerprint density at radius 2 is 1.96 bits per heavy atom. The molecule has 2 aliphatic heterocycles. The molecule has 2 heterocycles. The van der Waals surface area contributed by atoms with E-state index in [0.29, 0.717) is 17.8 Å². The molecule has 0 unspecified atom stereocenters. The van der Waals surface area contributed by atoms with E-state index >= 15 is 0 Å². The van der Waals surface area contributed by atoms with Gasteiger partial charge in [0.15, 0.2) is 6.61 Å². The summed E-state index contributed by atoms with van der Waals surface area (Å²) in [6, 6.07) is 6.74. The van der Waals surface area contributed by atoms with Gasteiger partial charge in [-0.1, -0.05) is 25.5 Å². The highest BCUT2D eigenvalue weighted by molar-refractivity contribution is 6.15. The zero-order valence-corrected chi connectivity index (χ0v) is 16.2. The number of benzene rings is 1. The van der Waals surface area contributed by atoms with E-state index in [2.05, 4.69) is 5.32 Å². The minimum absolute atomic E-state index is 0.121. The highest BCUT2D eigenvalue weighted by atomic mass is 16.5. The van der Waals surface area contributed by atoms with Crippen LogP contribution in [0.5, 0.6) is 0 Å². The molecule has 0 spiro atoms. The lowest BCUT2D eigenvalue weighted by Crippen LogP contribution is -2.68. The second-order valence-electron chi connectivity index (χ2n) is 6.89. The molecule has 2 aliphatic rings. The van der Waals surface area contributed by atoms with E-state index < -0.39 is 24.1 Å². The van der Waals surface area contributed by atoms with Gasteiger partial charge in [-0.05, 0) is 25.5 Å². The number of carbonyl (C=O) groups excluding carboxylic acids is 4. The molecular weight excluding hydrogens is 362 g/mol. The van der Waals surface area contributed by atoms with Gasteiger partial charge in [0.05, 0.1) is 11.3 Å². The Morgan fingerprint density at radius 3 is 2.68 bits per heavy atom. The minimum Gasteiger partial charge on any atom is -0.452 e. The van der Waals surface area contributed by atoms with E-state index in [9.17, 15) is 19.2 Å². The third kappa shape index (κ3) is 3.12. The largest absolute Gasteiger partial charge is 0.452 e. The molecule has 1 aromatic rings. The number of unbranched alkanes of at least 4 members (excludes halogenated alkanes) is 1. The molecule has 150 valence electrons. The molecule has 28 heavy (non-hydrogen) atoms. The molecule has 0 bridgehead atoms. The molecule has 3 rings (SSSR count). The number of ether oxygens (including phenoxy) is 1. The van der Waals surface area contributed by atoms with Gasteiger partial charge < -0.3 is 15.0 Å². The average molecular weight is 387 g/mol. The van der Waals surface area contributed by atoms with Gasteiger partial charge in [-0.15, -0.1) is 0 Å². The van der Waals surface area contributed by atoms with Crippen LogP contribution in [-0.4, -0.2) is 54.0 Å². The van der Waals surface area contributed by atoms with E-state index in [1.54, 1.807) is 31.2 Å². The second kappa shape index (κ2) is 8.00. The van der Waals surface area contributed by atoms with Gasteiger partial charge in [-0.2, -0.15) is 0 Å². The number of amides is 3. The molecule has 0 radical (unpaired) electrons. The number of hydrogen-bond acceptors (Lipinski definition) is 5. The Hall–Kier alpha value is -2.90. The predicted octanol–water partition coefficient (Wildman–Crippen LogP) is 1.44. The first kappa shape index (κ1) is 19.9. The minimum atomic E-state index is -1.54.